The number of benzene rings is 1. The zero-order valence-electron chi connectivity index (χ0n) is 16.3. The van der Waals surface area contributed by atoms with Crippen LogP contribution < -0.4 is 21.1 Å². The van der Waals surface area contributed by atoms with Crippen LogP contribution in [0.2, 0.25) is 0 Å². The van der Waals surface area contributed by atoms with Gasteiger partial charge in [0.15, 0.2) is 0 Å². The van der Waals surface area contributed by atoms with E-state index in [-0.39, 0.29) is 17.2 Å². The molecule has 4 aromatic rings. The van der Waals surface area contributed by atoms with Crippen molar-refractivity contribution < 1.29 is 13.3 Å². The predicted molar refractivity (Wildman–Crippen MR) is 109 cm³/mol. The molecule has 0 aliphatic rings. The average molecular weight is 449 g/mol. The molecule has 2 aromatic carbocycles. The number of halogens is 3. The lowest BCUT2D eigenvalue weighted by Crippen LogP contribution is -2.40. The molecule has 12 heteroatoms. The Morgan fingerprint density at radius 2 is 1.94 bits per heavy atom. The third kappa shape index (κ3) is 4.04. The van der Waals surface area contributed by atoms with Gasteiger partial charge in [0.05, 0.1) is 11.9 Å². The van der Waals surface area contributed by atoms with Crippen molar-refractivity contribution in [2.24, 2.45) is 7.05 Å². The van der Waals surface area contributed by atoms with Crippen LogP contribution in [0, 0.1) is 0 Å². The maximum Gasteiger partial charge on any atom is 0.400 e. The van der Waals surface area contributed by atoms with Crippen LogP contribution in [0.1, 0.15) is 11.5 Å². The van der Waals surface area contributed by atoms with E-state index in [1.165, 1.54) is 0 Å². The average Bonchev–Trinajstić information content (AvgIpc) is 3.37. The Hall–Kier alpha value is -3.60. The standard InChI is InChI=1S/C19H15ClF2N6O3/c1-27(14-13(15(29)16(14)30)24-12-7-23-28(2)9-12)8-10-3-5-11(6-4-10)17-25-18(31-26-17)19(20,21)22/h3-7,9,24H,8H2,1-2H3. The van der Waals surface area contributed by atoms with Gasteiger partial charge in [0.2, 0.25) is 5.82 Å². The van der Waals surface area contributed by atoms with Crippen molar-refractivity contribution in [2.75, 3.05) is 17.3 Å². The highest BCUT2D eigenvalue weighted by atomic mass is 35.5. The Kier molecular flexibility index (Phi) is 5.05. The van der Waals surface area contributed by atoms with Crippen molar-refractivity contribution in [3.05, 3.63) is 68.6 Å². The van der Waals surface area contributed by atoms with E-state index in [1.54, 1.807) is 60.3 Å². The molecular formula is C19H15ClF2N6O3. The molecule has 0 bridgehead atoms. The van der Waals surface area contributed by atoms with Gasteiger partial charge in [0, 0.05) is 32.4 Å². The molecule has 0 radical (unpaired) electrons. The van der Waals surface area contributed by atoms with E-state index >= 15 is 0 Å². The van der Waals surface area contributed by atoms with Gasteiger partial charge in [0.1, 0.15) is 11.4 Å². The normalized spacial score (nSPS) is 11.8. The number of alkyl halides is 3. The highest BCUT2D eigenvalue weighted by molar-refractivity contribution is 6.21. The summed E-state index contributed by atoms with van der Waals surface area (Å²) in [6.45, 7) is 0.324. The summed E-state index contributed by atoms with van der Waals surface area (Å²) in [5.41, 5.74) is 1.16. The van der Waals surface area contributed by atoms with Crippen LogP contribution in [0.5, 0.6) is 0 Å². The third-order valence-corrected chi connectivity index (χ3v) is 4.70. The summed E-state index contributed by atoms with van der Waals surface area (Å²) in [5.74, 6) is -1.01. The summed E-state index contributed by atoms with van der Waals surface area (Å²) < 4.78 is 32.1. The fourth-order valence-corrected chi connectivity index (χ4v) is 3.13. The van der Waals surface area contributed by atoms with Crippen LogP contribution in [0.25, 0.3) is 11.4 Å². The molecule has 0 fully saturated rings. The molecule has 31 heavy (non-hydrogen) atoms. The van der Waals surface area contributed by atoms with Crippen LogP contribution in [-0.2, 0) is 19.0 Å². The first-order valence-corrected chi connectivity index (χ1v) is 9.31. The molecule has 0 amide bonds. The van der Waals surface area contributed by atoms with Gasteiger partial charge in [-0.3, -0.25) is 14.3 Å². The van der Waals surface area contributed by atoms with Gasteiger partial charge in [-0.25, -0.2) is 0 Å². The second kappa shape index (κ2) is 7.58. The monoisotopic (exact) mass is 448 g/mol. The van der Waals surface area contributed by atoms with Crippen LogP contribution in [0.15, 0.2) is 50.8 Å². The van der Waals surface area contributed by atoms with Gasteiger partial charge in [0.25, 0.3) is 10.9 Å². The van der Waals surface area contributed by atoms with E-state index in [4.69, 9.17) is 11.6 Å². The topological polar surface area (TPSA) is 106 Å². The quantitative estimate of drug-likeness (QED) is 0.340. The molecule has 160 valence electrons. The molecule has 1 N–H and O–H groups in total. The van der Waals surface area contributed by atoms with Gasteiger partial charge in [-0.1, -0.05) is 29.4 Å². The van der Waals surface area contributed by atoms with E-state index in [0.29, 0.717) is 17.8 Å². The Morgan fingerprint density at radius 3 is 2.52 bits per heavy atom. The molecule has 0 saturated heterocycles. The first kappa shape index (κ1) is 20.7. The summed E-state index contributed by atoms with van der Waals surface area (Å²) in [7, 11) is 3.42. The first-order chi connectivity index (χ1) is 14.6. The smallest absolute Gasteiger partial charge is 0.365 e. The first-order valence-electron chi connectivity index (χ1n) is 8.94. The zero-order valence-corrected chi connectivity index (χ0v) is 17.0. The fraction of sp³-hybridized carbons (Fsp3) is 0.211. The molecule has 0 aliphatic heterocycles. The van der Waals surface area contributed by atoms with Crippen molar-refractivity contribution in [3.8, 4) is 11.4 Å². The molecule has 0 spiro atoms. The number of rotatable bonds is 7. The molecule has 9 nitrogen and oxygen atoms in total. The van der Waals surface area contributed by atoms with Gasteiger partial charge < -0.3 is 14.7 Å². The van der Waals surface area contributed by atoms with Crippen LogP contribution >= 0.6 is 11.6 Å². The van der Waals surface area contributed by atoms with Crippen LogP contribution in [0.3, 0.4) is 0 Å². The zero-order chi connectivity index (χ0) is 22.3. The second-order valence-corrected chi connectivity index (χ2v) is 7.36. The van der Waals surface area contributed by atoms with E-state index in [0.717, 1.165) is 5.56 Å². The summed E-state index contributed by atoms with van der Waals surface area (Å²) in [6, 6.07) is 6.70. The SMILES string of the molecule is CN(Cc1ccc(-c2noc(C(F)(F)Cl)n2)cc1)c1c(Nc2cnn(C)c2)c(=O)c1=O. The molecular weight excluding hydrogens is 434 g/mol. The minimum absolute atomic E-state index is 0.0272. The minimum Gasteiger partial charge on any atom is -0.365 e. The number of aromatic nitrogens is 4. The fourth-order valence-electron chi connectivity index (χ4n) is 3.06. The van der Waals surface area contributed by atoms with E-state index < -0.39 is 22.1 Å². The maximum atomic E-state index is 13.0. The highest BCUT2D eigenvalue weighted by Gasteiger charge is 2.35. The predicted octanol–water partition coefficient (Wildman–Crippen LogP) is 2.73. The second-order valence-electron chi connectivity index (χ2n) is 6.88. The number of hydrogen-bond donors (Lipinski definition) is 1. The Labute approximate surface area is 178 Å². The molecule has 2 heterocycles. The van der Waals surface area contributed by atoms with E-state index in [9.17, 15) is 18.4 Å². The number of hydrogen-bond acceptors (Lipinski definition) is 8. The summed E-state index contributed by atoms with van der Waals surface area (Å²) in [5, 5.41) is 6.70. The highest BCUT2D eigenvalue weighted by Crippen LogP contribution is 2.32. The summed E-state index contributed by atoms with van der Waals surface area (Å²) >= 11 is 4.88. The number of nitrogens with one attached hydrogen (secondary N) is 1. The van der Waals surface area contributed by atoms with Gasteiger partial charge in [-0.2, -0.15) is 18.9 Å². The lowest BCUT2D eigenvalue weighted by Gasteiger charge is -2.23. The van der Waals surface area contributed by atoms with Gasteiger partial charge in [-0.15, -0.1) is 0 Å². The molecule has 0 atom stereocenters. The number of aryl methyl sites for hydroxylation is 1. The van der Waals surface area contributed by atoms with Crippen molar-refractivity contribution in [1.82, 2.24) is 19.9 Å². The summed E-state index contributed by atoms with van der Waals surface area (Å²) in [6.07, 6.45) is 3.23. The van der Waals surface area contributed by atoms with Crippen LogP contribution in [-0.4, -0.2) is 27.0 Å². The van der Waals surface area contributed by atoms with E-state index in [2.05, 4.69) is 25.1 Å². The molecule has 0 saturated carbocycles. The Balaban J connectivity index is 1.49. The third-order valence-electron chi connectivity index (χ3n) is 4.54. The molecule has 4 rings (SSSR count). The van der Waals surface area contributed by atoms with Crippen LogP contribution in [0.4, 0.5) is 25.8 Å². The number of anilines is 3. The van der Waals surface area contributed by atoms with Crippen molar-refractivity contribution >= 4 is 28.7 Å². The summed E-state index contributed by atoms with van der Waals surface area (Å²) in [4.78, 5) is 29.4. The van der Waals surface area contributed by atoms with Crippen molar-refractivity contribution in [3.63, 3.8) is 0 Å². The lowest BCUT2D eigenvalue weighted by molar-refractivity contribution is 0.0551. The van der Waals surface area contributed by atoms with E-state index in [1.807, 2.05) is 0 Å². The lowest BCUT2D eigenvalue weighted by atomic mass is 10.1. The van der Waals surface area contributed by atoms with Gasteiger partial charge >= 0.3 is 11.3 Å². The minimum atomic E-state index is -3.74. The Bertz CT molecular complexity index is 1300. The van der Waals surface area contributed by atoms with Crippen molar-refractivity contribution in [2.45, 2.75) is 11.9 Å². The maximum absolute atomic E-state index is 13.0. The van der Waals surface area contributed by atoms with Gasteiger partial charge in [-0.05, 0) is 17.2 Å². The van der Waals surface area contributed by atoms with Crippen molar-refractivity contribution in [1.29, 1.82) is 0 Å². The number of nitrogens with zero attached hydrogens (tertiary/aromatic N) is 5. The molecule has 2 aromatic heterocycles. The molecule has 0 aliphatic carbocycles. The molecule has 0 unspecified atom stereocenters. The largest absolute Gasteiger partial charge is 0.400 e. The Morgan fingerprint density at radius 1 is 1.23 bits per heavy atom.